The van der Waals surface area contributed by atoms with E-state index >= 15 is 0 Å². The van der Waals surface area contributed by atoms with Crippen molar-refractivity contribution in [2.24, 2.45) is 0 Å². The number of ether oxygens (including phenoxy) is 4. The molecule has 2 saturated heterocycles. The van der Waals surface area contributed by atoms with Crippen molar-refractivity contribution >= 4 is 30.8 Å². The van der Waals surface area contributed by atoms with Crippen molar-refractivity contribution in [2.75, 3.05) is 12.3 Å². The van der Waals surface area contributed by atoms with Crippen molar-refractivity contribution in [1.29, 1.82) is 0 Å². The third-order valence-corrected chi connectivity index (χ3v) is 10.5. The normalized spacial score (nSPS) is 26.3. The predicted molar refractivity (Wildman–Crippen MR) is 171 cm³/mol. The van der Waals surface area contributed by atoms with Crippen LogP contribution in [0.3, 0.4) is 0 Å². The Morgan fingerprint density at radius 3 is 2.60 bits per heavy atom. The zero-order chi connectivity index (χ0) is 33.5. The first-order chi connectivity index (χ1) is 23.1. The van der Waals surface area contributed by atoms with Crippen LogP contribution in [-0.4, -0.2) is 61.7 Å². The van der Waals surface area contributed by atoms with Crippen molar-refractivity contribution in [2.45, 2.75) is 82.0 Å². The van der Waals surface area contributed by atoms with Crippen LogP contribution in [0.4, 0.5) is 5.95 Å². The molecule has 2 aliphatic heterocycles. The molecule has 254 valence electrons. The second-order valence-electron chi connectivity index (χ2n) is 12.4. The molecule has 3 fully saturated rings. The van der Waals surface area contributed by atoms with Gasteiger partial charge in [-0.3, -0.25) is 23.7 Å². The molecule has 48 heavy (non-hydrogen) atoms. The van der Waals surface area contributed by atoms with Crippen LogP contribution in [0.1, 0.15) is 51.3 Å². The van der Waals surface area contributed by atoms with E-state index in [0.29, 0.717) is 12.8 Å². The fourth-order valence-electron chi connectivity index (χ4n) is 6.58. The lowest BCUT2D eigenvalue weighted by Gasteiger charge is -2.31. The van der Waals surface area contributed by atoms with E-state index in [1.807, 2.05) is 37.3 Å². The molecule has 0 bridgehead atoms. The first-order valence-electron chi connectivity index (χ1n) is 15.8. The Morgan fingerprint density at radius 1 is 1.17 bits per heavy atom. The van der Waals surface area contributed by atoms with Crippen LogP contribution in [0.2, 0.25) is 0 Å². The molecule has 1 spiro atoms. The Hall–Kier alpha value is -4.11. The highest BCUT2D eigenvalue weighted by molar-refractivity contribution is 7.52. The molecule has 16 heteroatoms. The largest absolute Gasteiger partial charge is 0.460 e. The number of hydrogen-bond donors (Lipinski definition) is 3. The van der Waals surface area contributed by atoms with Gasteiger partial charge in [-0.25, -0.2) is 9.55 Å². The molecular formula is C32H37N6O9P. The maximum atomic E-state index is 14.3. The molecule has 0 radical (unpaired) electrons. The number of nitrogens with zero attached hydrogens (tertiary/aromatic N) is 3. The van der Waals surface area contributed by atoms with E-state index in [0.717, 1.165) is 18.4 Å². The number of benzene rings is 2. The summed E-state index contributed by atoms with van der Waals surface area (Å²) >= 11 is 0. The van der Waals surface area contributed by atoms with Crippen molar-refractivity contribution in [3.05, 3.63) is 82.9 Å². The highest BCUT2D eigenvalue weighted by atomic mass is 31.2. The third-order valence-electron chi connectivity index (χ3n) is 8.82. The van der Waals surface area contributed by atoms with Gasteiger partial charge in [0.1, 0.15) is 36.2 Å². The van der Waals surface area contributed by atoms with E-state index in [-0.39, 0.29) is 36.1 Å². The number of H-pyrrole nitrogens is 1. The van der Waals surface area contributed by atoms with Crippen molar-refractivity contribution < 1.29 is 37.4 Å². The van der Waals surface area contributed by atoms with E-state index in [1.54, 1.807) is 34.9 Å². The molecule has 1 unspecified atom stereocenters. The molecule has 4 aromatic rings. The number of aromatic nitrogens is 4. The van der Waals surface area contributed by atoms with E-state index in [1.165, 1.54) is 13.3 Å². The summed E-state index contributed by atoms with van der Waals surface area (Å²) in [6.45, 7) is 3.14. The van der Waals surface area contributed by atoms with Gasteiger partial charge in [-0.15, -0.1) is 0 Å². The number of carbonyl (C=O) groups is 1. The zero-order valence-electron chi connectivity index (χ0n) is 26.4. The Morgan fingerprint density at radius 2 is 1.88 bits per heavy atom. The number of esters is 1. The Bertz CT molecular complexity index is 1880. The van der Waals surface area contributed by atoms with E-state index in [9.17, 15) is 14.2 Å². The molecule has 1 saturated carbocycles. The van der Waals surface area contributed by atoms with Crippen LogP contribution >= 0.6 is 7.75 Å². The molecule has 7 rings (SSSR count). The van der Waals surface area contributed by atoms with Crippen LogP contribution in [0.25, 0.3) is 11.2 Å². The summed E-state index contributed by atoms with van der Waals surface area (Å²) in [4.78, 5) is 36.5. The van der Waals surface area contributed by atoms with Gasteiger partial charge in [0, 0.05) is 12.8 Å². The SMILES string of the molecule is C[C@H](NP(=O)(OC[C@H]1O[C@@H](n2cnc3c(=O)[nH]c(N)nc32)[C@]2(C)OC3(CCCC3)O[C@@H]12)Oc1ccccc1)C(=O)OCc1ccccc1. The third kappa shape index (κ3) is 6.25. The van der Waals surface area contributed by atoms with Crippen LogP contribution in [-0.2, 0) is 39.4 Å². The molecule has 4 heterocycles. The number of para-hydroxylation sites is 1. The van der Waals surface area contributed by atoms with Gasteiger partial charge in [-0.05, 0) is 44.4 Å². The van der Waals surface area contributed by atoms with Crippen LogP contribution < -0.4 is 20.9 Å². The van der Waals surface area contributed by atoms with Crippen LogP contribution in [0.15, 0.2) is 71.8 Å². The number of nitrogens with one attached hydrogen (secondary N) is 2. The first kappa shape index (κ1) is 32.4. The van der Waals surface area contributed by atoms with Crippen molar-refractivity contribution in [3.63, 3.8) is 0 Å². The molecule has 15 nitrogen and oxygen atoms in total. The minimum absolute atomic E-state index is 0.0440. The highest BCUT2D eigenvalue weighted by Gasteiger charge is 2.67. The molecule has 3 aliphatic rings. The Kier molecular flexibility index (Phi) is 8.60. The lowest BCUT2D eigenvalue weighted by Crippen LogP contribution is -2.42. The number of rotatable bonds is 11. The van der Waals surface area contributed by atoms with Gasteiger partial charge >= 0.3 is 13.7 Å². The topological polar surface area (TPSA) is 191 Å². The minimum Gasteiger partial charge on any atom is -0.460 e. The smallest absolute Gasteiger partial charge is 0.459 e. The quantitative estimate of drug-likeness (QED) is 0.152. The van der Waals surface area contributed by atoms with Crippen molar-refractivity contribution in [3.8, 4) is 5.75 Å². The molecule has 0 amide bonds. The fraction of sp³-hybridized carbons (Fsp3) is 0.438. The summed E-state index contributed by atoms with van der Waals surface area (Å²) in [5, 5.41) is 2.73. The Balaban J connectivity index is 1.14. The number of nitrogen functional groups attached to an aromatic ring is 1. The maximum absolute atomic E-state index is 14.3. The summed E-state index contributed by atoms with van der Waals surface area (Å²) in [7, 11) is -4.24. The van der Waals surface area contributed by atoms with Gasteiger partial charge in [-0.2, -0.15) is 10.1 Å². The number of hydrogen-bond acceptors (Lipinski definition) is 12. The number of imidazole rings is 1. The van der Waals surface area contributed by atoms with E-state index in [4.69, 9.17) is 33.7 Å². The van der Waals surface area contributed by atoms with Crippen LogP contribution in [0, 0.1) is 0 Å². The number of carbonyl (C=O) groups excluding carboxylic acids is 1. The lowest BCUT2D eigenvalue weighted by molar-refractivity contribution is -0.231. The second-order valence-corrected chi connectivity index (χ2v) is 14.1. The summed E-state index contributed by atoms with van der Waals surface area (Å²) < 4.78 is 53.1. The summed E-state index contributed by atoms with van der Waals surface area (Å²) in [6, 6.07) is 16.6. The highest BCUT2D eigenvalue weighted by Crippen LogP contribution is 2.56. The number of anilines is 1. The number of aromatic amines is 1. The number of nitrogens with two attached hydrogens (primary N) is 1. The minimum atomic E-state index is -4.24. The molecule has 6 atom stereocenters. The molecule has 2 aromatic carbocycles. The summed E-state index contributed by atoms with van der Waals surface area (Å²) in [6.07, 6.45) is 2.30. The molecule has 4 N–H and O–H groups in total. The standard InChI is InChI=1S/C32H37N6O9P/c1-20(28(40)42-17-21-11-5-3-6-12-21)37-48(41,46-22-13-7-4-8-14-22)43-18-23-25-31(2,47-32(45-25)15-9-10-16-32)29(44-23)38-19-34-24-26(38)35-30(33)36-27(24)39/h3-8,11-14,19-20,23,25,29H,9-10,15-18H2,1-2H3,(H,37,41)(H3,33,35,36,39)/t20-,23+,25-,29+,31+,48?/m0/s1. The maximum Gasteiger partial charge on any atom is 0.459 e. The summed E-state index contributed by atoms with van der Waals surface area (Å²) in [5.41, 5.74) is 5.39. The predicted octanol–water partition coefficient (Wildman–Crippen LogP) is 3.97. The molecule has 2 aromatic heterocycles. The van der Waals surface area contributed by atoms with Crippen LogP contribution in [0.5, 0.6) is 5.75 Å². The fourth-order valence-corrected chi connectivity index (χ4v) is 8.08. The zero-order valence-corrected chi connectivity index (χ0v) is 27.3. The second kappa shape index (κ2) is 12.7. The van der Waals surface area contributed by atoms with Gasteiger partial charge in [0.25, 0.3) is 5.56 Å². The van der Waals surface area contributed by atoms with Gasteiger partial charge in [0.15, 0.2) is 23.2 Å². The molecule has 1 aliphatic carbocycles. The van der Waals surface area contributed by atoms with Gasteiger partial charge in [0.05, 0.1) is 12.9 Å². The van der Waals surface area contributed by atoms with E-state index < -0.39 is 55.1 Å². The first-order valence-corrected chi connectivity index (χ1v) is 17.3. The average molecular weight is 681 g/mol. The summed E-state index contributed by atoms with van der Waals surface area (Å²) in [5.74, 6) is -1.29. The van der Waals surface area contributed by atoms with E-state index in [2.05, 4.69) is 20.0 Å². The lowest BCUT2D eigenvalue weighted by atomic mass is 9.96. The monoisotopic (exact) mass is 680 g/mol. The average Bonchev–Trinajstić information content (AvgIpc) is 3.82. The Labute approximate surface area is 275 Å². The van der Waals surface area contributed by atoms with Gasteiger partial charge < -0.3 is 29.2 Å². The van der Waals surface area contributed by atoms with Crippen molar-refractivity contribution in [1.82, 2.24) is 24.6 Å². The van der Waals surface area contributed by atoms with Gasteiger partial charge in [-0.1, -0.05) is 48.5 Å². The molecular weight excluding hydrogens is 643 g/mol. The number of fused-ring (bicyclic) bond motifs is 2. The van der Waals surface area contributed by atoms with Gasteiger partial charge in [0.2, 0.25) is 5.95 Å².